The molecule has 1 fully saturated rings. The van der Waals surface area contributed by atoms with Crippen molar-refractivity contribution in [3.8, 4) is 5.75 Å². The molecule has 1 atom stereocenters. The molecule has 0 unspecified atom stereocenters. The van der Waals surface area contributed by atoms with Gasteiger partial charge >= 0.3 is 5.97 Å². The van der Waals surface area contributed by atoms with E-state index in [1.165, 1.54) is 12.1 Å². The van der Waals surface area contributed by atoms with Crippen molar-refractivity contribution in [2.75, 3.05) is 19.8 Å². The molecule has 0 bridgehead atoms. The van der Waals surface area contributed by atoms with Crippen LogP contribution in [-0.2, 0) is 4.74 Å². The molecule has 2 rings (SSSR count). The summed E-state index contributed by atoms with van der Waals surface area (Å²) in [6.45, 7) is 3.46. The van der Waals surface area contributed by atoms with E-state index in [0.717, 1.165) is 0 Å². The third-order valence-electron chi connectivity index (χ3n) is 2.87. The summed E-state index contributed by atoms with van der Waals surface area (Å²) in [6, 6.07) is 2.81. The van der Waals surface area contributed by atoms with Gasteiger partial charge in [0.05, 0.1) is 24.8 Å². The minimum absolute atomic E-state index is 0.137. The van der Waals surface area contributed by atoms with Gasteiger partial charge in [-0.05, 0) is 24.6 Å². The number of rotatable bonds is 2. The first-order valence-corrected chi connectivity index (χ1v) is 5.47. The van der Waals surface area contributed by atoms with Gasteiger partial charge in [0.15, 0.2) is 0 Å². The van der Waals surface area contributed by atoms with E-state index in [-0.39, 0.29) is 17.4 Å². The van der Waals surface area contributed by atoms with Gasteiger partial charge < -0.3 is 20.3 Å². The maximum Gasteiger partial charge on any atom is 0.335 e. The first kappa shape index (κ1) is 11.9. The lowest BCUT2D eigenvalue weighted by atomic mass is 9.99. The summed E-state index contributed by atoms with van der Waals surface area (Å²) in [7, 11) is 0. The molecule has 17 heavy (non-hydrogen) atoms. The molecule has 5 nitrogen and oxygen atoms in total. The van der Waals surface area contributed by atoms with Gasteiger partial charge in [-0.1, -0.05) is 0 Å². The van der Waals surface area contributed by atoms with Crippen LogP contribution in [0.1, 0.15) is 27.5 Å². The monoisotopic (exact) mass is 237 g/mol. The molecular formula is C12H15NO4. The lowest BCUT2D eigenvalue weighted by Gasteiger charge is -2.25. The number of morpholine rings is 1. The zero-order valence-corrected chi connectivity index (χ0v) is 9.56. The summed E-state index contributed by atoms with van der Waals surface area (Å²) in [5.41, 5.74) is 1.33. The molecule has 1 aromatic rings. The van der Waals surface area contributed by atoms with E-state index in [1.54, 1.807) is 6.92 Å². The van der Waals surface area contributed by atoms with Crippen molar-refractivity contribution in [3.05, 3.63) is 28.8 Å². The van der Waals surface area contributed by atoms with Crippen molar-refractivity contribution in [1.29, 1.82) is 0 Å². The number of ether oxygens (including phenoxy) is 1. The SMILES string of the molecule is Cc1cc(C(=O)O)cc([C@H]2COCCN2)c1O. The lowest BCUT2D eigenvalue weighted by Crippen LogP contribution is -2.34. The number of carboxylic acids is 1. The van der Waals surface area contributed by atoms with Crippen LogP contribution < -0.4 is 5.32 Å². The van der Waals surface area contributed by atoms with Crippen LogP contribution in [0.15, 0.2) is 12.1 Å². The first-order chi connectivity index (χ1) is 8.09. The molecule has 0 radical (unpaired) electrons. The van der Waals surface area contributed by atoms with E-state index in [2.05, 4.69) is 5.32 Å². The Hall–Kier alpha value is -1.59. The highest BCUT2D eigenvalue weighted by atomic mass is 16.5. The van der Waals surface area contributed by atoms with Crippen molar-refractivity contribution in [2.24, 2.45) is 0 Å². The molecular weight excluding hydrogens is 222 g/mol. The number of aromatic hydroxyl groups is 1. The summed E-state index contributed by atoms with van der Waals surface area (Å²) >= 11 is 0. The number of phenols is 1. The average molecular weight is 237 g/mol. The van der Waals surface area contributed by atoms with Crippen molar-refractivity contribution in [2.45, 2.75) is 13.0 Å². The summed E-state index contributed by atoms with van der Waals surface area (Å²) in [5.74, 6) is -0.857. The van der Waals surface area contributed by atoms with Crippen molar-refractivity contribution in [1.82, 2.24) is 5.32 Å². The number of phenolic OH excluding ortho intramolecular Hbond substituents is 1. The van der Waals surface area contributed by atoms with Crippen LogP contribution >= 0.6 is 0 Å². The third-order valence-corrected chi connectivity index (χ3v) is 2.87. The minimum atomic E-state index is -0.994. The van der Waals surface area contributed by atoms with Gasteiger partial charge in [-0.15, -0.1) is 0 Å². The standard InChI is InChI=1S/C12H15NO4/c1-7-4-8(12(15)16)5-9(11(7)14)10-6-17-3-2-13-10/h4-5,10,13-14H,2-3,6H2,1H3,(H,15,16)/t10-/m1/s1. The highest BCUT2D eigenvalue weighted by Crippen LogP contribution is 2.30. The average Bonchev–Trinajstić information content (AvgIpc) is 2.33. The Morgan fingerprint density at radius 2 is 2.29 bits per heavy atom. The van der Waals surface area contributed by atoms with E-state index in [9.17, 15) is 9.90 Å². The van der Waals surface area contributed by atoms with E-state index in [1.807, 2.05) is 0 Å². The highest BCUT2D eigenvalue weighted by Gasteiger charge is 2.21. The van der Waals surface area contributed by atoms with Crippen LogP contribution in [0.2, 0.25) is 0 Å². The van der Waals surface area contributed by atoms with E-state index >= 15 is 0 Å². The Labute approximate surface area is 99.0 Å². The Morgan fingerprint density at radius 3 is 2.88 bits per heavy atom. The smallest absolute Gasteiger partial charge is 0.335 e. The summed E-state index contributed by atoms with van der Waals surface area (Å²) < 4.78 is 5.31. The van der Waals surface area contributed by atoms with Gasteiger partial charge in [-0.3, -0.25) is 0 Å². The largest absolute Gasteiger partial charge is 0.507 e. The molecule has 0 aliphatic carbocycles. The van der Waals surface area contributed by atoms with Gasteiger partial charge in [-0.25, -0.2) is 4.79 Å². The molecule has 1 aromatic carbocycles. The van der Waals surface area contributed by atoms with Gasteiger partial charge in [-0.2, -0.15) is 0 Å². The fourth-order valence-electron chi connectivity index (χ4n) is 1.96. The number of carboxylic acid groups (broad SMARTS) is 1. The predicted octanol–water partition coefficient (Wildman–Crippen LogP) is 1.06. The second kappa shape index (κ2) is 4.73. The van der Waals surface area contributed by atoms with Crippen LogP contribution in [0.4, 0.5) is 0 Å². The number of hydrogen-bond donors (Lipinski definition) is 3. The Kier molecular flexibility index (Phi) is 3.31. The number of nitrogens with one attached hydrogen (secondary N) is 1. The minimum Gasteiger partial charge on any atom is -0.507 e. The number of carbonyl (C=O) groups is 1. The van der Waals surface area contributed by atoms with Crippen molar-refractivity contribution >= 4 is 5.97 Å². The molecule has 1 aliphatic rings. The highest BCUT2D eigenvalue weighted by molar-refractivity contribution is 5.88. The summed E-state index contributed by atoms with van der Waals surface area (Å²) in [6.07, 6.45) is 0. The fourth-order valence-corrected chi connectivity index (χ4v) is 1.96. The third kappa shape index (κ3) is 2.40. The maximum absolute atomic E-state index is 11.0. The molecule has 3 N–H and O–H groups in total. The second-order valence-electron chi connectivity index (χ2n) is 4.12. The van der Waals surface area contributed by atoms with E-state index < -0.39 is 5.97 Å². The van der Waals surface area contributed by atoms with Crippen molar-refractivity contribution in [3.63, 3.8) is 0 Å². The quantitative estimate of drug-likeness (QED) is 0.716. The molecule has 5 heteroatoms. The molecule has 0 spiro atoms. The lowest BCUT2D eigenvalue weighted by molar-refractivity contribution is 0.0692. The first-order valence-electron chi connectivity index (χ1n) is 5.47. The number of hydrogen-bond acceptors (Lipinski definition) is 4. The molecule has 0 saturated carbocycles. The van der Waals surface area contributed by atoms with Gasteiger partial charge in [0.2, 0.25) is 0 Å². The zero-order chi connectivity index (χ0) is 12.4. The van der Waals surface area contributed by atoms with Gasteiger partial charge in [0, 0.05) is 12.1 Å². The normalized spacial score (nSPS) is 20.2. The van der Waals surface area contributed by atoms with Crippen LogP contribution in [0.5, 0.6) is 5.75 Å². The number of aromatic carboxylic acids is 1. The molecule has 92 valence electrons. The number of aryl methyl sites for hydroxylation is 1. The van der Waals surface area contributed by atoms with Crippen LogP contribution in [0.25, 0.3) is 0 Å². The zero-order valence-electron chi connectivity index (χ0n) is 9.56. The Morgan fingerprint density at radius 1 is 1.53 bits per heavy atom. The molecule has 0 amide bonds. The predicted molar refractivity (Wildman–Crippen MR) is 61.4 cm³/mol. The van der Waals surface area contributed by atoms with Gasteiger partial charge in [0.25, 0.3) is 0 Å². The molecule has 1 heterocycles. The molecule has 0 aromatic heterocycles. The van der Waals surface area contributed by atoms with Crippen LogP contribution in [0.3, 0.4) is 0 Å². The van der Waals surface area contributed by atoms with Crippen LogP contribution in [-0.4, -0.2) is 35.9 Å². The van der Waals surface area contributed by atoms with Gasteiger partial charge in [0.1, 0.15) is 5.75 Å². The Bertz CT molecular complexity index is 438. The van der Waals surface area contributed by atoms with Crippen molar-refractivity contribution < 1.29 is 19.7 Å². The summed E-state index contributed by atoms with van der Waals surface area (Å²) in [4.78, 5) is 11.0. The molecule has 1 saturated heterocycles. The number of benzene rings is 1. The van der Waals surface area contributed by atoms with Crippen LogP contribution in [0, 0.1) is 6.92 Å². The van der Waals surface area contributed by atoms with E-state index in [0.29, 0.717) is 30.9 Å². The Balaban J connectivity index is 2.40. The second-order valence-corrected chi connectivity index (χ2v) is 4.12. The molecule has 1 aliphatic heterocycles. The topological polar surface area (TPSA) is 78.8 Å². The fraction of sp³-hybridized carbons (Fsp3) is 0.417. The van der Waals surface area contributed by atoms with E-state index in [4.69, 9.17) is 9.84 Å². The maximum atomic E-state index is 11.0. The summed E-state index contributed by atoms with van der Waals surface area (Å²) in [5, 5.41) is 22.1.